The Bertz CT molecular complexity index is 897. The average Bonchev–Trinajstić information content (AvgIpc) is 3.09. The first-order chi connectivity index (χ1) is 13.4. The Hall–Kier alpha value is -2.39. The van der Waals surface area contributed by atoms with Crippen molar-refractivity contribution < 1.29 is 4.39 Å². The summed E-state index contributed by atoms with van der Waals surface area (Å²) in [5.74, 6) is 0.353. The summed E-state index contributed by atoms with van der Waals surface area (Å²) in [6.45, 7) is 11.4. The Labute approximate surface area is 168 Å². The van der Waals surface area contributed by atoms with Crippen molar-refractivity contribution in [2.75, 3.05) is 0 Å². The average molecular weight is 379 g/mol. The van der Waals surface area contributed by atoms with Gasteiger partial charge < -0.3 is 4.57 Å². The number of hydrogen-bond donors (Lipinski definition) is 0. The molecular weight excluding hydrogens is 347 g/mol. The molecule has 148 valence electrons. The second-order valence-corrected chi connectivity index (χ2v) is 8.07. The molecule has 0 aliphatic carbocycles. The van der Waals surface area contributed by atoms with E-state index in [1.807, 2.05) is 6.07 Å². The Morgan fingerprint density at radius 1 is 0.929 bits per heavy atom. The SMILES string of the molecule is Cc1ccccc1Cn1cccc1CN(Cc1cccc(F)c1)[C@@H](C)C(C)C. The van der Waals surface area contributed by atoms with Gasteiger partial charge in [0.2, 0.25) is 0 Å². The van der Waals surface area contributed by atoms with Gasteiger partial charge in [-0.1, -0.05) is 50.2 Å². The molecule has 3 rings (SSSR count). The first-order valence-electron chi connectivity index (χ1n) is 10.1. The van der Waals surface area contributed by atoms with Crippen LogP contribution in [0.4, 0.5) is 4.39 Å². The molecule has 0 aliphatic heterocycles. The first kappa shape index (κ1) is 20.3. The van der Waals surface area contributed by atoms with Gasteiger partial charge in [0.25, 0.3) is 0 Å². The van der Waals surface area contributed by atoms with Crippen LogP contribution in [0, 0.1) is 18.7 Å². The third kappa shape index (κ3) is 5.11. The Morgan fingerprint density at radius 3 is 2.43 bits per heavy atom. The van der Waals surface area contributed by atoms with Crippen LogP contribution in [0.5, 0.6) is 0 Å². The maximum atomic E-state index is 13.7. The van der Waals surface area contributed by atoms with Gasteiger partial charge in [-0.2, -0.15) is 0 Å². The van der Waals surface area contributed by atoms with Gasteiger partial charge in [0.1, 0.15) is 5.82 Å². The number of aryl methyl sites for hydroxylation is 1. The largest absolute Gasteiger partial charge is 0.346 e. The van der Waals surface area contributed by atoms with Gasteiger partial charge in [-0.25, -0.2) is 4.39 Å². The molecule has 3 heteroatoms. The molecular formula is C25H31FN2. The van der Waals surface area contributed by atoms with Crippen molar-refractivity contribution in [3.63, 3.8) is 0 Å². The van der Waals surface area contributed by atoms with Crippen LogP contribution >= 0.6 is 0 Å². The van der Waals surface area contributed by atoms with Crippen molar-refractivity contribution in [3.05, 3.63) is 95.1 Å². The van der Waals surface area contributed by atoms with Crippen LogP contribution < -0.4 is 0 Å². The van der Waals surface area contributed by atoms with Crippen LogP contribution in [0.3, 0.4) is 0 Å². The fourth-order valence-electron chi connectivity index (χ4n) is 3.56. The van der Waals surface area contributed by atoms with Gasteiger partial charge in [0.05, 0.1) is 0 Å². The lowest BCUT2D eigenvalue weighted by molar-refractivity contribution is 0.148. The quantitative estimate of drug-likeness (QED) is 0.464. The molecule has 0 saturated heterocycles. The molecule has 0 fully saturated rings. The van der Waals surface area contributed by atoms with Crippen molar-refractivity contribution >= 4 is 0 Å². The van der Waals surface area contributed by atoms with E-state index in [0.29, 0.717) is 12.0 Å². The molecule has 0 spiro atoms. The Balaban J connectivity index is 1.81. The number of benzene rings is 2. The lowest BCUT2D eigenvalue weighted by atomic mass is 10.0. The minimum Gasteiger partial charge on any atom is -0.346 e. The summed E-state index contributed by atoms with van der Waals surface area (Å²) in [6, 6.07) is 20.2. The molecule has 0 unspecified atom stereocenters. The Morgan fingerprint density at radius 2 is 1.71 bits per heavy atom. The van der Waals surface area contributed by atoms with Crippen LogP contribution in [0.2, 0.25) is 0 Å². The topological polar surface area (TPSA) is 8.17 Å². The zero-order valence-corrected chi connectivity index (χ0v) is 17.4. The summed E-state index contributed by atoms with van der Waals surface area (Å²) in [7, 11) is 0. The van der Waals surface area contributed by atoms with E-state index >= 15 is 0 Å². The van der Waals surface area contributed by atoms with Crippen molar-refractivity contribution in [1.82, 2.24) is 9.47 Å². The summed E-state index contributed by atoms with van der Waals surface area (Å²) in [4.78, 5) is 2.45. The van der Waals surface area contributed by atoms with Crippen LogP contribution in [0.15, 0.2) is 66.9 Å². The van der Waals surface area contributed by atoms with Gasteiger partial charge in [0, 0.05) is 37.6 Å². The fraction of sp³-hybridized carbons (Fsp3) is 0.360. The number of nitrogens with zero attached hydrogens (tertiary/aromatic N) is 2. The standard InChI is InChI=1S/C25H31FN2/c1-19(2)21(4)28(16-22-10-7-12-24(26)15-22)18-25-13-8-14-27(25)17-23-11-6-5-9-20(23)3/h5-15,19,21H,16-18H2,1-4H3/t21-/m0/s1. The van der Waals surface area contributed by atoms with Gasteiger partial charge in [0.15, 0.2) is 0 Å². The van der Waals surface area contributed by atoms with Crippen molar-refractivity contribution in [2.24, 2.45) is 5.92 Å². The van der Waals surface area contributed by atoms with Crippen LogP contribution in [-0.4, -0.2) is 15.5 Å². The summed E-state index contributed by atoms with van der Waals surface area (Å²) in [6.07, 6.45) is 2.15. The summed E-state index contributed by atoms with van der Waals surface area (Å²) in [5, 5.41) is 0. The maximum absolute atomic E-state index is 13.7. The number of rotatable bonds is 8. The molecule has 28 heavy (non-hydrogen) atoms. The lowest BCUT2D eigenvalue weighted by Gasteiger charge is -2.32. The molecule has 2 nitrogen and oxygen atoms in total. The third-order valence-corrected chi connectivity index (χ3v) is 5.71. The summed E-state index contributed by atoms with van der Waals surface area (Å²) in [5.41, 5.74) is 4.96. The van der Waals surface area contributed by atoms with E-state index in [1.165, 1.54) is 22.9 Å². The molecule has 0 aliphatic rings. The predicted molar refractivity (Wildman–Crippen MR) is 115 cm³/mol. The molecule has 1 atom stereocenters. The predicted octanol–water partition coefficient (Wildman–Crippen LogP) is 6.03. The monoisotopic (exact) mass is 378 g/mol. The lowest BCUT2D eigenvalue weighted by Crippen LogP contribution is -2.36. The number of aromatic nitrogens is 1. The fourth-order valence-corrected chi connectivity index (χ4v) is 3.56. The summed E-state index contributed by atoms with van der Waals surface area (Å²) < 4.78 is 16.0. The molecule has 0 radical (unpaired) electrons. The highest BCUT2D eigenvalue weighted by Crippen LogP contribution is 2.20. The zero-order valence-electron chi connectivity index (χ0n) is 17.4. The van der Waals surface area contributed by atoms with Crippen molar-refractivity contribution in [1.29, 1.82) is 0 Å². The van der Waals surface area contributed by atoms with Crippen molar-refractivity contribution in [2.45, 2.75) is 53.4 Å². The summed E-state index contributed by atoms with van der Waals surface area (Å²) >= 11 is 0. The van der Waals surface area contributed by atoms with E-state index < -0.39 is 0 Å². The Kier molecular flexibility index (Phi) is 6.69. The van der Waals surface area contributed by atoms with E-state index in [0.717, 1.165) is 25.2 Å². The minimum atomic E-state index is -0.169. The van der Waals surface area contributed by atoms with Gasteiger partial charge in [-0.05, 0) is 60.7 Å². The second kappa shape index (κ2) is 9.20. The van der Waals surface area contributed by atoms with E-state index in [2.05, 4.69) is 79.8 Å². The van der Waals surface area contributed by atoms with E-state index in [-0.39, 0.29) is 5.82 Å². The molecule has 0 N–H and O–H groups in total. The third-order valence-electron chi connectivity index (χ3n) is 5.71. The molecule has 1 aromatic heterocycles. The van der Waals surface area contributed by atoms with Gasteiger partial charge >= 0.3 is 0 Å². The normalized spacial score (nSPS) is 12.7. The maximum Gasteiger partial charge on any atom is 0.123 e. The zero-order chi connectivity index (χ0) is 20.1. The van der Waals surface area contributed by atoms with Gasteiger partial charge in [-0.3, -0.25) is 4.90 Å². The number of hydrogen-bond acceptors (Lipinski definition) is 1. The molecule has 0 amide bonds. The van der Waals surface area contributed by atoms with Crippen LogP contribution in [0.25, 0.3) is 0 Å². The highest BCUT2D eigenvalue weighted by Gasteiger charge is 2.19. The number of halogens is 1. The minimum absolute atomic E-state index is 0.169. The molecule has 3 aromatic rings. The van der Waals surface area contributed by atoms with Crippen molar-refractivity contribution in [3.8, 4) is 0 Å². The molecule has 0 saturated carbocycles. The smallest absolute Gasteiger partial charge is 0.123 e. The van der Waals surface area contributed by atoms with E-state index in [1.54, 1.807) is 12.1 Å². The second-order valence-electron chi connectivity index (χ2n) is 8.07. The van der Waals surface area contributed by atoms with E-state index in [9.17, 15) is 4.39 Å². The molecule has 1 heterocycles. The van der Waals surface area contributed by atoms with Crippen LogP contribution in [-0.2, 0) is 19.6 Å². The highest BCUT2D eigenvalue weighted by molar-refractivity contribution is 5.26. The first-order valence-corrected chi connectivity index (χ1v) is 10.1. The van der Waals surface area contributed by atoms with Gasteiger partial charge in [-0.15, -0.1) is 0 Å². The highest BCUT2D eigenvalue weighted by atomic mass is 19.1. The van der Waals surface area contributed by atoms with Crippen LogP contribution in [0.1, 0.15) is 43.2 Å². The molecule has 2 aromatic carbocycles. The van der Waals surface area contributed by atoms with E-state index in [4.69, 9.17) is 0 Å². The molecule has 0 bridgehead atoms.